The third-order valence-corrected chi connectivity index (χ3v) is 3.84. The molecular formula is C20H18N4O3. The number of nitrogens with two attached hydrogens (primary N) is 1. The first-order valence-corrected chi connectivity index (χ1v) is 8.13. The smallest absolute Gasteiger partial charge is 0.255 e. The molecule has 0 aliphatic carbocycles. The van der Waals surface area contributed by atoms with E-state index in [4.69, 9.17) is 10.5 Å². The zero-order chi connectivity index (χ0) is 19.2. The standard InChI is InChI=1S/C20H18N4O3/c1-27-16-4-2-3-14(11-16)20(26)23-15-7-5-13(6-8-15)19(25)24-18-9-10-22-12-17(18)21/h2-12H,21H2,1H3,(H,23,26)(H,22,24,25). The van der Waals surface area contributed by atoms with Gasteiger partial charge in [0, 0.05) is 23.0 Å². The van der Waals surface area contributed by atoms with Crippen molar-refractivity contribution in [2.75, 3.05) is 23.5 Å². The molecule has 1 heterocycles. The molecule has 27 heavy (non-hydrogen) atoms. The van der Waals surface area contributed by atoms with Crippen molar-refractivity contribution in [3.63, 3.8) is 0 Å². The Labute approximate surface area is 156 Å². The van der Waals surface area contributed by atoms with Crippen molar-refractivity contribution < 1.29 is 14.3 Å². The molecule has 0 atom stereocenters. The number of aromatic nitrogens is 1. The predicted octanol–water partition coefficient (Wildman–Crippen LogP) is 3.18. The Morgan fingerprint density at radius 2 is 1.70 bits per heavy atom. The van der Waals surface area contributed by atoms with Crippen molar-refractivity contribution in [2.45, 2.75) is 0 Å². The van der Waals surface area contributed by atoms with Crippen LogP contribution in [0.5, 0.6) is 5.75 Å². The lowest BCUT2D eigenvalue weighted by Gasteiger charge is -2.09. The molecule has 136 valence electrons. The fourth-order valence-corrected chi connectivity index (χ4v) is 2.39. The maximum Gasteiger partial charge on any atom is 0.255 e. The molecule has 0 saturated carbocycles. The molecule has 3 aromatic rings. The average Bonchev–Trinajstić information content (AvgIpc) is 2.70. The molecule has 0 fully saturated rings. The molecule has 7 nitrogen and oxygen atoms in total. The summed E-state index contributed by atoms with van der Waals surface area (Å²) in [6, 6.07) is 15.0. The number of carbonyl (C=O) groups excluding carboxylic acids is 2. The molecule has 0 aliphatic rings. The second-order valence-corrected chi connectivity index (χ2v) is 5.68. The number of nitrogens with zero attached hydrogens (tertiary/aromatic N) is 1. The Bertz CT molecular complexity index is 971. The van der Waals surface area contributed by atoms with Gasteiger partial charge >= 0.3 is 0 Å². The van der Waals surface area contributed by atoms with E-state index in [9.17, 15) is 9.59 Å². The monoisotopic (exact) mass is 362 g/mol. The highest BCUT2D eigenvalue weighted by molar-refractivity contribution is 6.07. The van der Waals surface area contributed by atoms with Crippen LogP contribution in [-0.4, -0.2) is 23.9 Å². The van der Waals surface area contributed by atoms with E-state index in [0.717, 1.165) is 0 Å². The summed E-state index contributed by atoms with van der Waals surface area (Å²) >= 11 is 0. The quantitative estimate of drug-likeness (QED) is 0.646. The van der Waals surface area contributed by atoms with Crippen LogP contribution >= 0.6 is 0 Å². The number of hydrogen-bond acceptors (Lipinski definition) is 5. The minimum Gasteiger partial charge on any atom is -0.497 e. The van der Waals surface area contributed by atoms with Crippen molar-refractivity contribution in [1.29, 1.82) is 0 Å². The largest absolute Gasteiger partial charge is 0.497 e. The lowest BCUT2D eigenvalue weighted by atomic mass is 10.1. The summed E-state index contributed by atoms with van der Waals surface area (Å²) in [4.78, 5) is 28.5. The normalized spacial score (nSPS) is 10.1. The van der Waals surface area contributed by atoms with Crippen LogP contribution in [0.1, 0.15) is 20.7 Å². The number of carbonyl (C=O) groups is 2. The van der Waals surface area contributed by atoms with Crippen LogP contribution in [0.25, 0.3) is 0 Å². The van der Waals surface area contributed by atoms with Gasteiger partial charge in [-0.15, -0.1) is 0 Å². The van der Waals surface area contributed by atoms with Gasteiger partial charge in [-0.25, -0.2) is 0 Å². The number of nitrogens with one attached hydrogen (secondary N) is 2. The molecule has 0 radical (unpaired) electrons. The van der Waals surface area contributed by atoms with E-state index in [-0.39, 0.29) is 11.8 Å². The van der Waals surface area contributed by atoms with E-state index in [1.54, 1.807) is 67.9 Å². The SMILES string of the molecule is COc1cccc(C(=O)Nc2ccc(C(=O)Nc3ccncc3N)cc2)c1. The second-order valence-electron chi connectivity index (χ2n) is 5.68. The van der Waals surface area contributed by atoms with Crippen LogP contribution in [0.4, 0.5) is 17.1 Å². The fraction of sp³-hybridized carbons (Fsp3) is 0.0500. The summed E-state index contributed by atoms with van der Waals surface area (Å²) < 4.78 is 5.12. The Balaban J connectivity index is 1.67. The van der Waals surface area contributed by atoms with Crippen LogP contribution in [0, 0.1) is 0 Å². The van der Waals surface area contributed by atoms with E-state index < -0.39 is 0 Å². The van der Waals surface area contributed by atoms with Gasteiger partial charge in [-0.3, -0.25) is 14.6 Å². The third kappa shape index (κ3) is 4.40. The molecule has 4 N–H and O–H groups in total. The Morgan fingerprint density at radius 1 is 0.963 bits per heavy atom. The van der Waals surface area contributed by atoms with Gasteiger partial charge in [-0.1, -0.05) is 6.07 Å². The number of amides is 2. The average molecular weight is 362 g/mol. The molecule has 7 heteroatoms. The maximum absolute atomic E-state index is 12.3. The summed E-state index contributed by atoms with van der Waals surface area (Å²) in [6.45, 7) is 0. The van der Waals surface area contributed by atoms with Crippen molar-refractivity contribution in [2.24, 2.45) is 0 Å². The Kier molecular flexibility index (Phi) is 5.32. The van der Waals surface area contributed by atoms with E-state index in [1.807, 2.05) is 0 Å². The summed E-state index contributed by atoms with van der Waals surface area (Å²) in [7, 11) is 1.54. The van der Waals surface area contributed by atoms with Gasteiger partial charge in [0.1, 0.15) is 5.75 Å². The van der Waals surface area contributed by atoms with E-state index in [1.165, 1.54) is 6.20 Å². The first-order valence-electron chi connectivity index (χ1n) is 8.13. The van der Waals surface area contributed by atoms with Gasteiger partial charge < -0.3 is 21.1 Å². The number of anilines is 3. The topological polar surface area (TPSA) is 106 Å². The van der Waals surface area contributed by atoms with Gasteiger partial charge in [0.25, 0.3) is 11.8 Å². The van der Waals surface area contributed by atoms with Crippen molar-refractivity contribution in [3.05, 3.63) is 78.1 Å². The lowest BCUT2D eigenvalue weighted by molar-refractivity contribution is 0.102. The van der Waals surface area contributed by atoms with Gasteiger partial charge in [0.2, 0.25) is 0 Å². The number of methoxy groups -OCH3 is 1. The van der Waals surface area contributed by atoms with E-state index in [0.29, 0.717) is 33.9 Å². The van der Waals surface area contributed by atoms with E-state index in [2.05, 4.69) is 15.6 Å². The first-order chi connectivity index (χ1) is 13.1. The molecule has 0 unspecified atom stereocenters. The van der Waals surface area contributed by atoms with Gasteiger partial charge in [0.05, 0.1) is 24.7 Å². The zero-order valence-corrected chi connectivity index (χ0v) is 14.6. The highest BCUT2D eigenvalue weighted by atomic mass is 16.5. The molecular weight excluding hydrogens is 344 g/mol. The molecule has 3 rings (SSSR count). The Morgan fingerprint density at radius 3 is 2.41 bits per heavy atom. The van der Waals surface area contributed by atoms with Gasteiger partial charge in [-0.2, -0.15) is 0 Å². The predicted molar refractivity (Wildman–Crippen MR) is 104 cm³/mol. The van der Waals surface area contributed by atoms with Crippen molar-refractivity contribution in [3.8, 4) is 5.75 Å². The van der Waals surface area contributed by atoms with Gasteiger partial charge in [0.15, 0.2) is 0 Å². The minimum atomic E-state index is -0.307. The summed E-state index contributed by atoms with van der Waals surface area (Å²) in [6.07, 6.45) is 3.01. The molecule has 0 bridgehead atoms. The van der Waals surface area contributed by atoms with Crippen LogP contribution in [0.3, 0.4) is 0 Å². The molecule has 0 aliphatic heterocycles. The van der Waals surface area contributed by atoms with Crippen LogP contribution in [0.15, 0.2) is 67.0 Å². The van der Waals surface area contributed by atoms with E-state index >= 15 is 0 Å². The fourth-order valence-electron chi connectivity index (χ4n) is 2.39. The lowest BCUT2D eigenvalue weighted by Crippen LogP contribution is -2.14. The number of benzene rings is 2. The van der Waals surface area contributed by atoms with Crippen LogP contribution < -0.4 is 21.1 Å². The second kappa shape index (κ2) is 8.01. The summed E-state index contributed by atoms with van der Waals surface area (Å²) in [5.74, 6) is 0.0271. The highest BCUT2D eigenvalue weighted by Gasteiger charge is 2.10. The zero-order valence-electron chi connectivity index (χ0n) is 14.6. The molecule has 1 aromatic heterocycles. The highest BCUT2D eigenvalue weighted by Crippen LogP contribution is 2.18. The number of hydrogen-bond donors (Lipinski definition) is 3. The first kappa shape index (κ1) is 17.9. The minimum absolute atomic E-state index is 0.268. The van der Waals surface area contributed by atoms with Gasteiger partial charge in [-0.05, 0) is 48.5 Å². The van der Waals surface area contributed by atoms with Crippen molar-refractivity contribution >= 4 is 28.9 Å². The van der Waals surface area contributed by atoms with Crippen LogP contribution in [0.2, 0.25) is 0 Å². The van der Waals surface area contributed by atoms with Crippen molar-refractivity contribution in [1.82, 2.24) is 4.98 Å². The maximum atomic E-state index is 12.3. The number of nitrogen functional groups attached to an aromatic ring is 1. The molecule has 2 amide bonds. The summed E-state index contributed by atoms with van der Waals surface area (Å²) in [5.41, 5.74) is 8.13. The van der Waals surface area contributed by atoms with Crippen LogP contribution in [-0.2, 0) is 0 Å². The molecule has 0 saturated heterocycles. The molecule has 2 aromatic carbocycles. The number of pyridine rings is 1. The number of ether oxygens (including phenoxy) is 1. The third-order valence-electron chi connectivity index (χ3n) is 3.84. The Hall–Kier alpha value is -3.87. The summed E-state index contributed by atoms with van der Waals surface area (Å²) in [5, 5.41) is 5.50. The number of rotatable bonds is 5. The molecule has 0 spiro atoms.